The molecule has 0 amide bonds. The predicted molar refractivity (Wildman–Crippen MR) is 103 cm³/mol. The van der Waals surface area contributed by atoms with E-state index in [0.29, 0.717) is 12.4 Å². The van der Waals surface area contributed by atoms with E-state index in [9.17, 15) is 0 Å². The van der Waals surface area contributed by atoms with E-state index in [1.165, 1.54) is 4.88 Å². The Morgan fingerprint density at radius 1 is 1.28 bits per heavy atom. The van der Waals surface area contributed by atoms with Crippen molar-refractivity contribution in [3.63, 3.8) is 0 Å². The van der Waals surface area contributed by atoms with Crippen LogP contribution >= 0.6 is 11.3 Å². The first kappa shape index (κ1) is 19.2. The molecule has 0 spiro atoms. The summed E-state index contributed by atoms with van der Waals surface area (Å²) in [4.78, 5) is 14.6. The van der Waals surface area contributed by atoms with Gasteiger partial charge in [0.15, 0.2) is 5.96 Å². The average Bonchev–Trinajstić information content (AvgIpc) is 2.88. The lowest BCUT2D eigenvalue weighted by Gasteiger charge is -2.11. The summed E-state index contributed by atoms with van der Waals surface area (Å²) in [6.45, 7) is 12.2. The number of thiazole rings is 1. The molecule has 0 saturated heterocycles. The molecule has 0 radical (unpaired) electrons. The van der Waals surface area contributed by atoms with Crippen LogP contribution in [0.4, 0.5) is 0 Å². The Labute approximate surface area is 153 Å². The van der Waals surface area contributed by atoms with E-state index in [1.54, 1.807) is 11.3 Å². The zero-order chi connectivity index (χ0) is 18.2. The zero-order valence-electron chi connectivity index (χ0n) is 15.6. The van der Waals surface area contributed by atoms with Crippen LogP contribution in [0, 0.1) is 13.8 Å². The Morgan fingerprint density at radius 2 is 2.08 bits per heavy atom. The van der Waals surface area contributed by atoms with Crippen molar-refractivity contribution in [1.29, 1.82) is 0 Å². The van der Waals surface area contributed by atoms with E-state index in [2.05, 4.69) is 32.5 Å². The minimum atomic E-state index is 0.125. The number of pyridine rings is 1. The van der Waals surface area contributed by atoms with Gasteiger partial charge in [0.25, 0.3) is 0 Å². The van der Waals surface area contributed by atoms with E-state index >= 15 is 0 Å². The lowest BCUT2D eigenvalue weighted by molar-refractivity contribution is 0.232. The highest BCUT2D eigenvalue weighted by Gasteiger charge is 2.06. The summed E-state index contributed by atoms with van der Waals surface area (Å²) < 4.78 is 5.56. The van der Waals surface area contributed by atoms with Gasteiger partial charge in [-0.15, -0.1) is 11.3 Å². The SMILES string of the molecule is CCNC(=NCc1ccc(OC(C)C)nc1)NCc1sc(C)nc1C. The molecule has 0 fully saturated rings. The van der Waals surface area contributed by atoms with Gasteiger partial charge >= 0.3 is 0 Å². The summed E-state index contributed by atoms with van der Waals surface area (Å²) in [6.07, 6.45) is 1.93. The van der Waals surface area contributed by atoms with Gasteiger partial charge in [-0.3, -0.25) is 0 Å². The van der Waals surface area contributed by atoms with E-state index in [1.807, 2.05) is 46.0 Å². The van der Waals surface area contributed by atoms with Crippen LogP contribution in [0.5, 0.6) is 5.88 Å². The number of nitrogens with one attached hydrogen (secondary N) is 2. The number of ether oxygens (including phenoxy) is 1. The van der Waals surface area contributed by atoms with Crippen molar-refractivity contribution >= 4 is 17.3 Å². The van der Waals surface area contributed by atoms with Gasteiger partial charge in [0.1, 0.15) is 0 Å². The molecule has 2 N–H and O–H groups in total. The second-order valence-corrected chi connectivity index (χ2v) is 7.25. The molecule has 2 aromatic rings. The standard InChI is InChI=1S/C18H27N5OS/c1-6-19-18(22-11-16-13(4)23-14(5)25-16)21-10-15-7-8-17(20-9-15)24-12(2)3/h7-9,12H,6,10-11H2,1-5H3,(H2,19,21,22). The molecule has 0 unspecified atom stereocenters. The number of aryl methyl sites for hydroxylation is 2. The van der Waals surface area contributed by atoms with Crippen molar-refractivity contribution in [3.05, 3.63) is 39.5 Å². The van der Waals surface area contributed by atoms with Crippen molar-refractivity contribution in [2.24, 2.45) is 4.99 Å². The maximum Gasteiger partial charge on any atom is 0.213 e. The molecule has 0 atom stereocenters. The van der Waals surface area contributed by atoms with Crippen molar-refractivity contribution in [2.75, 3.05) is 6.54 Å². The maximum absolute atomic E-state index is 5.56. The summed E-state index contributed by atoms with van der Waals surface area (Å²) in [7, 11) is 0. The molecular weight excluding hydrogens is 334 g/mol. The summed E-state index contributed by atoms with van der Waals surface area (Å²) >= 11 is 1.71. The third-order valence-corrected chi connectivity index (χ3v) is 4.41. The number of aromatic nitrogens is 2. The quantitative estimate of drug-likeness (QED) is 0.585. The largest absolute Gasteiger partial charge is 0.475 e. The van der Waals surface area contributed by atoms with Crippen LogP contribution in [-0.4, -0.2) is 28.6 Å². The smallest absolute Gasteiger partial charge is 0.213 e. The number of aliphatic imine (C=N–C) groups is 1. The molecule has 0 aliphatic heterocycles. The van der Waals surface area contributed by atoms with E-state index < -0.39 is 0 Å². The molecule has 2 heterocycles. The van der Waals surface area contributed by atoms with E-state index in [4.69, 9.17) is 4.74 Å². The van der Waals surface area contributed by atoms with Crippen LogP contribution in [0.2, 0.25) is 0 Å². The molecule has 2 rings (SSSR count). The lowest BCUT2D eigenvalue weighted by Crippen LogP contribution is -2.36. The Balaban J connectivity index is 1.95. The normalized spacial score (nSPS) is 11.7. The second-order valence-electron chi connectivity index (χ2n) is 5.96. The van der Waals surface area contributed by atoms with Crippen molar-refractivity contribution in [1.82, 2.24) is 20.6 Å². The maximum atomic E-state index is 5.56. The minimum absolute atomic E-state index is 0.125. The van der Waals surface area contributed by atoms with Crippen LogP contribution in [-0.2, 0) is 13.1 Å². The highest BCUT2D eigenvalue weighted by molar-refractivity contribution is 7.11. The molecule has 2 aromatic heterocycles. The summed E-state index contributed by atoms with van der Waals surface area (Å²) in [6, 6.07) is 3.88. The molecule has 0 aromatic carbocycles. The Hall–Kier alpha value is -2.15. The third kappa shape index (κ3) is 6.34. The number of hydrogen-bond donors (Lipinski definition) is 2. The number of nitrogens with zero attached hydrogens (tertiary/aromatic N) is 3. The van der Waals surface area contributed by atoms with Crippen molar-refractivity contribution in [2.45, 2.75) is 53.8 Å². The monoisotopic (exact) mass is 361 g/mol. The predicted octanol–water partition coefficient (Wildman–Crippen LogP) is 3.20. The van der Waals surface area contributed by atoms with Gasteiger partial charge in [-0.2, -0.15) is 0 Å². The Morgan fingerprint density at radius 3 is 2.64 bits per heavy atom. The Bertz CT molecular complexity index is 694. The van der Waals surface area contributed by atoms with Crippen molar-refractivity contribution < 1.29 is 4.74 Å². The van der Waals surface area contributed by atoms with Crippen molar-refractivity contribution in [3.8, 4) is 5.88 Å². The molecule has 0 bridgehead atoms. The van der Waals surface area contributed by atoms with Gasteiger partial charge in [-0.1, -0.05) is 6.07 Å². The van der Waals surface area contributed by atoms with Crippen LogP contribution in [0.15, 0.2) is 23.3 Å². The zero-order valence-corrected chi connectivity index (χ0v) is 16.4. The van der Waals surface area contributed by atoms with Gasteiger partial charge in [-0.05, 0) is 40.2 Å². The summed E-state index contributed by atoms with van der Waals surface area (Å²) in [5.41, 5.74) is 2.12. The molecular formula is C18H27N5OS. The third-order valence-electron chi connectivity index (χ3n) is 3.33. The van der Waals surface area contributed by atoms with Gasteiger partial charge in [0.2, 0.25) is 5.88 Å². The fourth-order valence-electron chi connectivity index (χ4n) is 2.23. The number of rotatable bonds is 7. The topological polar surface area (TPSA) is 71.4 Å². The van der Waals surface area contributed by atoms with Gasteiger partial charge < -0.3 is 15.4 Å². The Kier molecular flexibility index (Phi) is 7.18. The van der Waals surface area contributed by atoms with E-state index in [0.717, 1.165) is 35.3 Å². The van der Waals surface area contributed by atoms with Gasteiger partial charge in [0.05, 0.1) is 29.9 Å². The van der Waals surface area contributed by atoms with Crippen LogP contribution < -0.4 is 15.4 Å². The van der Waals surface area contributed by atoms with Gasteiger partial charge in [-0.25, -0.2) is 15.0 Å². The van der Waals surface area contributed by atoms with Crippen LogP contribution in [0.25, 0.3) is 0 Å². The fourth-order valence-corrected chi connectivity index (χ4v) is 3.11. The molecule has 0 aliphatic carbocycles. The molecule has 136 valence electrons. The molecule has 7 heteroatoms. The minimum Gasteiger partial charge on any atom is -0.475 e. The highest BCUT2D eigenvalue weighted by atomic mass is 32.1. The lowest BCUT2D eigenvalue weighted by atomic mass is 10.3. The first-order chi connectivity index (χ1) is 12.0. The van der Waals surface area contributed by atoms with Crippen LogP contribution in [0.3, 0.4) is 0 Å². The summed E-state index contributed by atoms with van der Waals surface area (Å²) in [5, 5.41) is 7.72. The molecule has 25 heavy (non-hydrogen) atoms. The first-order valence-corrected chi connectivity index (χ1v) is 9.36. The van der Waals surface area contributed by atoms with Crippen LogP contribution in [0.1, 0.15) is 41.9 Å². The highest BCUT2D eigenvalue weighted by Crippen LogP contribution is 2.16. The van der Waals surface area contributed by atoms with E-state index in [-0.39, 0.29) is 6.10 Å². The molecule has 0 saturated carbocycles. The molecule has 0 aliphatic rings. The number of guanidine groups is 1. The fraction of sp³-hybridized carbons (Fsp3) is 0.500. The molecule has 6 nitrogen and oxygen atoms in total. The second kappa shape index (κ2) is 9.36. The first-order valence-electron chi connectivity index (χ1n) is 8.54. The summed E-state index contributed by atoms with van der Waals surface area (Å²) in [5.74, 6) is 1.43. The number of hydrogen-bond acceptors (Lipinski definition) is 5. The van der Waals surface area contributed by atoms with Gasteiger partial charge in [0, 0.05) is 23.7 Å². The average molecular weight is 362 g/mol.